The fraction of sp³-hybridized carbons (Fsp3) is 0.143. The number of pyridine rings is 1. The number of amides is 1. The van der Waals surface area contributed by atoms with Crippen molar-refractivity contribution >= 4 is 23.2 Å². The van der Waals surface area contributed by atoms with Crippen molar-refractivity contribution in [3.8, 4) is 0 Å². The first kappa shape index (κ1) is 13.4. The molecule has 0 saturated carbocycles. The van der Waals surface area contributed by atoms with Gasteiger partial charge in [0.15, 0.2) is 0 Å². The van der Waals surface area contributed by atoms with Crippen LogP contribution in [0.5, 0.6) is 0 Å². The number of benzene rings is 1. The Morgan fingerprint density at radius 3 is 2.84 bits per heavy atom. The summed E-state index contributed by atoms with van der Waals surface area (Å²) in [6.07, 6.45) is 3.43. The van der Waals surface area contributed by atoms with Crippen LogP contribution in [0.2, 0.25) is 5.02 Å². The molecule has 0 spiro atoms. The van der Waals surface area contributed by atoms with E-state index in [0.29, 0.717) is 22.8 Å². The first-order chi connectivity index (χ1) is 9.08. The van der Waals surface area contributed by atoms with Gasteiger partial charge in [-0.3, -0.25) is 9.78 Å². The summed E-state index contributed by atoms with van der Waals surface area (Å²) >= 11 is 5.82. The zero-order chi connectivity index (χ0) is 13.8. The second kappa shape index (κ2) is 5.71. The van der Waals surface area contributed by atoms with Crippen molar-refractivity contribution in [2.75, 3.05) is 12.8 Å². The van der Waals surface area contributed by atoms with Crippen LogP contribution in [0.25, 0.3) is 0 Å². The van der Waals surface area contributed by atoms with Crippen LogP contribution >= 0.6 is 11.6 Å². The molecule has 5 heteroatoms. The smallest absolute Gasteiger partial charge is 0.255 e. The third-order valence-corrected chi connectivity index (χ3v) is 2.97. The maximum atomic E-state index is 12.3. The summed E-state index contributed by atoms with van der Waals surface area (Å²) in [5, 5.41) is 0.518. The number of rotatable bonds is 3. The molecule has 19 heavy (non-hydrogen) atoms. The van der Waals surface area contributed by atoms with Crippen molar-refractivity contribution in [2.24, 2.45) is 0 Å². The van der Waals surface area contributed by atoms with Gasteiger partial charge in [0.2, 0.25) is 0 Å². The van der Waals surface area contributed by atoms with E-state index in [0.717, 1.165) is 5.56 Å². The standard InChI is InChI=1S/C14H14ClN3O/c1-18(9-10-3-2-6-17-8-10)14(19)12-5-4-11(15)7-13(12)16/h2-8H,9,16H2,1H3. The molecule has 1 aromatic carbocycles. The van der Waals surface area contributed by atoms with E-state index in [-0.39, 0.29) is 5.91 Å². The number of hydrogen-bond donors (Lipinski definition) is 1. The van der Waals surface area contributed by atoms with Gasteiger partial charge in [-0.15, -0.1) is 0 Å². The van der Waals surface area contributed by atoms with Gasteiger partial charge < -0.3 is 10.6 Å². The van der Waals surface area contributed by atoms with Crippen molar-refractivity contribution in [3.05, 3.63) is 58.9 Å². The Labute approximate surface area is 116 Å². The summed E-state index contributed by atoms with van der Waals surface area (Å²) in [4.78, 5) is 17.9. The molecular formula is C14H14ClN3O. The van der Waals surface area contributed by atoms with Crippen LogP contribution in [0.15, 0.2) is 42.7 Å². The van der Waals surface area contributed by atoms with Crippen LogP contribution in [0.3, 0.4) is 0 Å². The monoisotopic (exact) mass is 275 g/mol. The molecule has 0 saturated heterocycles. The van der Waals surface area contributed by atoms with Gasteiger partial charge in [-0.25, -0.2) is 0 Å². The van der Waals surface area contributed by atoms with Crippen LogP contribution in [0.1, 0.15) is 15.9 Å². The lowest BCUT2D eigenvalue weighted by atomic mass is 10.1. The van der Waals surface area contributed by atoms with Gasteiger partial charge in [0.05, 0.1) is 5.56 Å². The number of nitrogens with zero attached hydrogens (tertiary/aromatic N) is 2. The zero-order valence-corrected chi connectivity index (χ0v) is 11.3. The van der Waals surface area contributed by atoms with Crippen molar-refractivity contribution in [3.63, 3.8) is 0 Å². The molecule has 2 aromatic rings. The predicted molar refractivity (Wildman–Crippen MR) is 75.9 cm³/mol. The maximum Gasteiger partial charge on any atom is 0.255 e. The van der Waals surface area contributed by atoms with E-state index in [2.05, 4.69) is 4.98 Å². The molecule has 2 N–H and O–H groups in total. The van der Waals surface area contributed by atoms with E-state index < -0.39 is 0 Å². The normalized spacial score (nSPS) is 10.2. The molecule has 4 nitrogen and oxygen atoms in total. The number of carbonyl (C=O) groups is 1. The van der Waals surface area contributed by atoms with E-state index in [1.807, 2.05) is 12.1 Å². The highest BCUT2D eigenvalue weighted by Gasteiger charge is 2.15. The lowest BCUT2D eigenvalue weighted by molar-refractivity contribution is 0.0786. The van der Waals surface area contributed by atoms with Gasteiger partial charge in [0, 0.05) is 36.7 Å². The van der Waals surface area contributed by atoms with Crippen LogP contribution in [0, 0.1) is 0 Å². The molecule has 1 heterocycles. The van der Waals surface area contributed by atoms with E-state index in [4.69, 9.17) is 17.3 Å². The highest BCUT2D eigenvalue weighted by Crippen LogP contribution is 2.19. The average molecular weight is 276 g/mol. The van der Waals surface area contributed by atoms with Crippen molar-refractivity contribution < 1.29 is 4.79 Å². The second-order valence-electron chi connectivity index (χ2n) is 4.25. The molecule has 2 rings (SSSR count). The Morgan fingerprint density at radius 2 is 2.21 bits per heavy atom. The zero-order valence-electron chi connectivity index (χ0n) is 10.5. The second-order valence-corrected chi connectivity index (χ2v) is 4.69. The van der Waals surface area contributed by atoms with Crippen LogP contribution in [0.4, 0.5) is 5.69 Å². The molecule has 1 amide bonds. The topological polar surface area (TPSA) is 59.2 Å². The summed E-state index contributed by atoms with van der Waals surface area (Å²) in [6.45, 7) is 0.481. The van der Waals surface area contributed by atoms with Crippen LogP contribution < -0.4 is 5.73 Å². The number of carbonyl (C=O) groups excluding carboxylic acids is 1. The fourth-order valence-corrected chi connectivity index (χ4v) is 1.95. The number of nitrogen functional groups attached to an aromatic ring is 1. The minimum atomic E-state index is -0.141. The molecule has 0 bridgehead atoms. The fourth-order valence-electron chi connectivity index (χ4n) is 1.77. The lowest BCUT2D eigenvalue weighted by Gasteiger charge is -2.18. The summed E-state index contributed by atoms with van der Waals surface area (Å²) in [5.41, 5.74) is 7.61. The van der Waals surface area contributed by atoms with E-state index in [1.165, 1.54) is 0 Å². The van der Waals surface area contributed by atoms with Gasteiger partial charge >= 0.3 is 0 Å². The predicted octanol–water partition coefficient (Wildman–Crippen LogP) is 2.59. The number of aromatic nitrogens is 1. The summed E-state index contributed by atoms with van der Waals surface area (Å²) in [5.74, 6) is -0.141. The van der Waals surface area contributed by atoms with E-state index in [9.17, 15) is 4.79 Å². The molecule has 0 aliphatic rings. The van der Waals surface area contributed by atoms with Gasteiger partial charge in [0.25, 0.3) is 5.91 Å². The number of nitrogens with two attached hydrogens (primary N) is 1. The highest BCUT2D eigenvalue weighted by atomic mass is 35.5. The molecule has 0 atom stereocenters. The third-order valence-electron chi connectivity index (χ3n) is 2.73. The minimum Gasteiger partial charge on any atom is -0.398 e. The highest BCUT2D eigenvalue weighted by molar-refractivity contribution is 6.31. The first-order valence-corrected chi connectivity index (χ1v) is 6.15. The van der Waals surface area contributed by atoms with Gasteiger partial charge in [-0.2, -0.15) is 0 Å². The Bertz CT molecular complexity index is 586. The summed E-state index contributed by atoms with van der Waals surface area (Å²) < 4.78 is 0. The van der Waals surface area contributed by atoms with E-state index >= 15 is 0 Å². The summed E-state index contributed by atoms with van der Waals surface area (Å²) in [7, 11) is 1.73. The molecule has 0 unspecified atom stereocenters. The van der Waals surface area contributed by atoms with Gasteiger partial charge in [0.1, 0.15) is 0 Å². The number of hydrogen-bond acceptors (Lipinski definition) is 3. The number of halogens is 1. The molecular weight excluding hydrogens is 262 g/mol. The van der Waals surface area contributed by atoms with Gasteiger partial charge in [-0.05, 0) is 29.8 Å². The molecule has 0 aliphatic carbocycles. The van der Waals surface area contributed by atoms with Crippen molar-refractivity contribution in [1.82, 2.24) is 9.88 Å². The third kappa shape index (κ3) is 3.23. The Balaban J connectivity index is 2.15. The Hall–Kier alpha value is -2.07. The largest absolute Gasteiger partial charge is 0.398 e. The molecule has 0 fully saturated rings. The lowest BCUT2D eigenvalue weighted by Crippen LogP contribution is -2.27. The molecule has 98 valence electrons. The van der Waals surface area contributed by atoms with Crippen molar-refractivity contribution in [1.29, 1.82) is 0 Å². The number of anilines is 1. The molecule has 1 aromatic heterocycles. The molecule has 0 radical (unpaired) electrons. The molecule has 0 aliphatic heterocycles. The maximum absolute atomic E-state index is 12.3. The van der Waals surface area contributed by atoms with Crippen LogP contribution in [-0.4, -0.2) is 22.8 Å². The average Bonchev–Trinajstić information content (AvgIpc) is 2.39. The minimum absolute atomic E-state index is 0.141. The summed E-state index contributed by atoms with van der Waals surface area (Å²) in [6, 6.07) is 8.63. The Kier molecular flexibility index (Phi) is 4.02. The Morgan fingerprint density at radius 1 is 1.42 bits per heavy atom. The quantitative estimate of drug-likeness (QED) is 0.876. The van der Waals surface area contributed by atoms with Gasteiger partial charge in [-0.1, -0.05) is 17.7 Å². The van der Waals surface area contributed by atoms with E-state index in [1.54, 1.807) is 42.5 Å². The SMILES string of the molecule is CN(Cc1cccnc1)C(=O)c1ccc(Cl)cc1N. The van der Waals surface area contributed by atoms with Crippen LogP contribution in [-0.2, 0) is 6.54 Å². The van der Waals surface area contributed by atoms with Crippen molar-refractivity contribution in [2.45, 2.75) is 6.54 Å². The first-order valence-electron chi connectivity index (χ1n) is 5.77.